The maximum Gasteiger partial charge on any atom is 0.319 e. The highest BCUT2D eigenvalue weighted by Gasteiger charge is 2.08. The molecule has 2 amide bonds. The van der Waals surface area contributed by atoms with Gasteiger partial charge in [-0.2, -0.15) is 0 Å². The summed E-state index contributed by atoms with van der Waals surface area (Å²) in [5, 5.41) is 10.3. The number of primary sulfonamides is 1. The van der Waals surface area contributed by atoms with Crippen LogP contribution in [0.4, 0.5) is 10.5 Å². The minimum atomic E-state index is -3.74. The van der Waals surface area contributed by atoms with E-state index >= 15 is 0 Å². The molecule has 0 radical (unpaired) electrons. The molecule has 8 heteroatoms. The molecule has 2 aromatic carbocycles. The van der Waals surface area contributed by atoms with Gasteiger partial charge in [0, 0.05) is 12.2 Å². The molecule has 24 heavy (non-hydrogen) atoms. The van der Waals surface area contributed by atoms with Crippen LogP contribution >= 0.6 is 0 Å². The summed E-state index contributed by atoms with van der Waals surface area (Å²) in [4.78, 5) is 11.8. The average Bonchev–Trinajstić information content (AvgIpc) is 2.54. The number of carbonyl (C=O) groups is 1. The Morgan fingerprint density at radius 1 is 1.08 bits per heavy atom. The maximum atomic E-state index is 11.8. The van der Waals surface area contributed by atoms with Crippen molar-refractivity contribution in [1.29, 1.82) is 0 Å². The first kappa shape index (κ1) is 17.8. The molecule has 0 atom stereocenters. The monoisotopic (exact) mass is 349 g/mol. The van der Waals surface area contributed by atoms with Crippen LogP contribution in [0, 0.1) is 0 Å². The third-order valence-electron chi connectivity index (χ3n) is 3.13. The lowest BCUT2D eigenvalue weighted by Gasteiger charge is -2.09. The summed E-state index contributed by atoms with van der Waals surface area (Å²) in [6.45, 7) is 2.87. The van der Waals surface area contributed by atoms with Gasteiger partial charge in [0.1, 0.15) is 5.75 Å². The Morgan fingerprint density at radius 3 is 2.25 bits per heavy atom. The molecular weight excluding hydrogens is 330 g/mol. The third kappa shape index (κ3) is 5.25. The third-order valence-corrected chi connectivity index (χ3v) is 4.06. The topological polar surface area (TPSA) is 111 Å². The van der Waals surface area contributed by atoms with E-state index in [0.717, 1.165) is 11.3 Å². The number of ether oxygens (including phenoxy) is 1. The van der Waals surface area contributed by atoms with Gasteiger partial charge in [-0.05, 0) is 48.9 Å². The predicted molar refractivity (Wildman–Crippen MR) is 91.3 cm³/mol. The summed E-state index contributed by atoms with van der Waals surface area (Å²) in [5.41, 5.74) is 1.39. The summed E-state index contributed by atoms with van der Waals surface area (Å²) < 4.78 is 27.7. The molecule has 0 saturated heterocycles. The van der Waals surface area contributed by atoms with Crippen LogP contribution in [0.3, 0.4) is 0 Å². The standard InChI is InChI=1S/C16H19N3O4S/c1-2-23-14-7-3-12(4-8-14)11-18-16(20)19-13-5-9-15(10-6-13)24(17,21)22/h3-10H,2,11H2,1H3,(H2,17,21,22)(H2,18,19,20). The van der Waals surface area contributed by atoms with Gasteiger partial charge in [-0.1, -0.05) is 12.1 Å². The number of amides is 2. The highest BCUT2D eigenvalue weighted by molar-refractivity contribution is 7.89. The Labute approximate surface area is 140 Å². The Kier molecular flexibility index (Phi) is 5.78. The fraction of sp³-hybridized carbons (Fsp3) is 0.188. The molecule has 2 aromatic rings. The first-order valence-electron chi connectivity index (χ1n) is 7.28. The molecule has 0 aliphatic rings. The van der Waals surface area contributed by atoms with Crippen molar-refractivity contribution < 1.29 is 17.9 Å². The molecule has 0 heterocycles. The number of urea groups is 1. The zero-order chi connectivity index (χ0) is 17.6. The smallest absolute Gasteiger partial charge is 0.319 e. The van der Waals surface area contributed by atoms with Crippen LogP contribution in [0.15, 0.2) is 53.4 Å². The van der Waals surface area contributed by atoms with Gasteiger partial charge in [0.2, 0.25) is 10.0 Å². The molecule has 0 bridgehead atoms. The van der Waals surface area contributed by atoms with E-state index in [1.54, 1.807) is 0 Å². The Balaban J connectivity index is 1.87. The van der Waals surface area contributed by atoms with Crippen LogP contribution < -0.4 is 20.5 Å². The minimum absolute atomic E-state index is 0.0113. The second kappa shape index (κ2) is 7.80. The van der Waals surface area contributed by atoms with Gasteiger partial charge < -0.3 is 15.4 Å². The second-order valence-electron chi connectivity index (χ2n) is 4.95. The van der Waals surface area contributed by atoms with Crippen molar-refractivity contribution in [3.63, 3.8) is 0 Å². The van der Waals surface area contributed by atoms with Crippen molar-refractivity contribution in [3.8, 4) is 5.75 Å². The molecule has 7 nitrogen and oxygen atoms in total. The van der Waals surface area contributed by atoms with Gasteiger partial charge in [0.25, 0.3) is 0 Å². The number of hydrogen-bond donors (Lipinski definition) is 3. The van der Waals surface area contributed by atoms with Gasteiger partial charge in [-0.15, -0.1) is 0 Å². The van der Waals surface area contributed by atoms with Crippen molar-refractivity contribution >= 4 is 21.7 Å². The number of carbonyl (C=O) groups excluding carboxylic acids is 1. The lowest BCUT2D eigenvalue weighted by Crippen LogP contribution is -2.28. The van der Waals surface area contributed by atoms with Gasteiger partial charge in [-0.3, -0.25) is 0 Å². The first-order valence-corrected chi connectivity index (χ1v) is 8.82. The van der Waals surface area contributed by atoms with Gasteiger partial charge >= 0.3 is 6.03 Å². The Bertz CT molecular complexity index is 787. The van der Waals surface area contributed by atoms with Crippen molar-refractivity contribution in [1.82, 2.24) is 5.32 Å². The van der Waals surface area contributed by atoms with E-state index in [-0.39, 0.29) is 4.90 Å². The zero-order valence-electron chi connectivity index (χ0n) is 13.2. The molecule has 0 spiro atoms. The number of nitrogens with one attached hydrogen (secondary N) is 2. The second-order valence-corrected chi connectivity index (χ2v) is 6.52. The fourth-order valence-electron chi connectivity index (χ4n) is 1.96. The normalized spacial score (nSPS) is 10.9. The summed E-state index contributed by atoms with van der Waals surface area (Å²) in [7, 11) is -3.74. The van der Waals surface area contributed by atoms with E-state index in [1.807, 2.05) is 31.2 Å². The van der Waals surface area contributed by atoms with E-state index in [9.17, 15) is 13.2 Å². The average molecular weight is 349 g/mol. The molecule has 0 saturated carbocycles. The number of rotatable bonds is 6. The van der Waals surface area contributed by atoms with Crippen LogP contribution in [0.25, 0.3) is 0 Å². The molecule has 128 valence electrons. The quantitative estimate of drug-likeness (QED) is 0.741. The molecule has 0 aliphatic heterocycles. The van der Waals surface area contributed by atoms with E-state index in [0.29, 0.717) is 18.8 Å². The lowest BCUT2D eigenvalue weighted by atomic mass is 10.2. The molecule has 4 N–H and O–H groups in total. The van der Waals surface area contributed by atoms with E-state index in [4.69, 9.17) is 9.88 Å². The van der Waals surface area contributed by atoms with Crippen LogP contribution in [0.5, 0.6) is 5.75 Å². The summed E-state index contributed by atoms with van der Waals surface area (Å²) in [6, 6.07) is 12.6. The van der Waals surface area contributed by atoms with E-state index < -0.39 is 16.1 Å². The summed E-state index contributed by atoms with van der Waals surface area (Å²) in [5.74, 6) is 0.778. The van der Waals surface area contributed by atoms with Crippen LogP contribution in [0.1, 0.15) is 12.5 Å². The molecule has 0 aliphatic carbocycles. The van der Waals surface area contributed by atoms with Gasteiger partial charge in [0.15, 0.2) is 0 Å². The van der Waals surface area contributed by atoms with Crippen molar-refractivity contribution in [2.45, 2.75) is 18.4 Å². The zero-order valence-corrected chi connectivity index (χ0v) is 14.0. The van der Waals surface area contributed by atoms with Crippen molar-refractivity contribution in [3.05, 3.63) is 54.1 Å². The largest absolute Gasteiger partial charge is 0.494 e. The minimum Gasteiger partial charge on any atom is -0.494 e. The summed E-state index contributed by atoms with van der Waals surface area (Å²) in [6.07, 6.45) is 0. The highest BCUT2D eigenvalue weighted by atomic mass is 32.2. The Morgan fingerprint density at radius 2 is 1.71 bits per heavy atom. The maximum absolute atomic E-state index is 11.8. The molecule has 0 fully saturated rings. The molecule has 0 unspecified atom stereocenters. The predicted octanol–water partition coefficient (Wildman–Crippen LogP) is 2.05. The number of sulfonamides is 1. The summed E-state index contributed by atoms with van der Waals surface area (Å²) >= 11 is 0. The molecule has 2 rings (SSSR count). The van der Waals surface area contributed by atoms with Crippen LogP contribution in [-0.2, 0) is 16.6 Å². The lowest BCUT2D eigenvalue weighted by molar-refractivity contribution is 0.251. The fourth-order valence-corrected chi connectivity index (χ4v) is 2.47. The van der Waals surface area contributed by atoms with Gasteiger partial charge in [0.05, 0.1) is 11.5 Å². The van der Waals surface area contributed by atoms with Gasteiger partial charge in [-0.25, -0.2) is 18.4 Å². The number of nitrogens with two attached hydrogens (primary N) is 1. The van der Waals surface area contributed by atoms with Crippen molar-refractivity contribution in [2.75, 3.05) is 11.9 Å². The molecule has 0 aromatic heterocycles. The SMILES string of the molecule is CCOc1ccc(CNC(=O)Nc2ccc(S(N)(=O)=O)cc2)cc1. The van der Waals surface area contributed by atoms with Crippen LogP contribution in [0.2, 0.25) is 0 Å². The first-order chi connectivity index (χ1) is 11.4. The molecular formula is C16H19N3O4S. The van der Waals surface area contributed by atoms with Crippen LogP contribution in [-0.4, -0.2) is 21.1 Å². The number of anilines is 1. The van der Waals surface area contributed by atoms with E-state index in [1.165, 1.54) is 24.3 Å². The highest BCUT2D eigenvalue weighted by Crippen LogP contribution is 2.13. The Hall–Kier alpha value is -2.58. The van der Waals surface area contributed by atoms with E-state index in [2.05, 4.69) is 10.6 Å². The van der Waals surface area contributed by atoms with Crippen molar-refractivity contribution in [2.24, 2.45) is 5.14 Å². The number of benzene rings is 2. The number of hydrogen-bond acceptors (Lipinski definition) is 4.